The van der Waals surface area contributed by atoms with E-state index in [9.17, 15) is 39.0 Å². The fourth-order valence-corrected chi connectivity index (χ4v) is 11.1. The average Bonchev–Trinajstić information content (AvgIpc) is 3.45. The first-order valence-electron chi connectivity index (χ1n) is 14.1. The molecular formula is C34H26N2O8Si. The Morgan fingerprint density at radius 3 is 1.18 bits per heavy atom. The zero-order valence-electron chi connectivity index (χ0n) is 24.1. The molecule has 0 aliphatic carbocycles. The first kappa shape index (κ1) is 29.4. The maximum absolute atomic E-state index is 13.6. The van der Waals surface area contributed by atoms with Crippen LogP contribution in [0.3, 0.4) is 0 Å². The number of carbonyl (C=O) groups excluding carboxylic acids is 4. The first-order valence-corrected chi connectivity index (χ1v) is 16.1. The van der Waals surface area contributed by atoms with Crippen LogP contribution in [0.4, 0.5) is 0 Å². The van der Waals surface area contributed by atoms with Gasteiger partial charge in [-0.1, -0.05) is 72.8 Å². The second-order valence-corrected chi connectivity index (χ2v) is 14.8. The largest absolute Gasteiger partial charge is 0.480 e. The number of fused-ring (bicyclic) bond motifs is 2. The van der Waals surface area contributed by atoms with Gasteiger partial charge in [-0.05, 0) is 58.9 Å². The van der Waals surface area contributed by atoms with Crippen LogP contribution < -0.4 is 20.7 Å². The molecule has 2 atom stereocenters. The molecule has 2 heterocycles. The molecule has 0 spiro atoms. The van der Waals surface area contributed by atoms with Crippen molar-refractivity contribution in [2.75, 3.05) is 0 Å². The number of amides is 4. The summed E-state index contributed by atoms with van der Waals surface area (Å²) in [4.78, 5) is 78.4. The molecule has 0 aromatic heterocycles. The summed E-state index contributed by atoms with van der Waals surface area (Å²) < 4.78 is 0. The number of benzene rings is 4. The van der Waals surface area contributed by atoms with E-state index in [2.05, 4.69) is 0 Å². The predicted molar refractivity (Wildman–Crippen MR) is 165 cm³/mol. The Hall–Kier alpha value is -5.68. The van der Waals surface area contributed by atoms with Gasteiger partial charge in [0.1, 0.15) is 12.1 Å². The lowest BCUT2D eigenvalue weighted by Crippen LogP contribution is -2.74. The fraction of sp³-hybridized carbons (Fsp3) is 0.118. The van der Waals surface area contributed by atoms with Gasteiger partial charge in [-0.2, -0.15) is 0 Å². The van der Waals surface area contributed by atoms with Crippen molar-refractivity contribution in [2.24, 2.45) is 0 Å². The minimum atomic E-state index is -3.43. The Kier molecular flexibility index (Phi) is 7.05. The van der Waals surface area contributed by atoms with Crippen molar-refractivity contribution in [2.45, 2.75) is 25.9 Å². The Morgan fingerprint density at radius 1 is 0.511 bits per heavy atom. The molecule has 4 amide bonds. The smallest absolute Gasteiger partial charge is 0.326 e. The molecule has 0 bridgehead atoms. The molecule has 2 aliphatic heterocycles. The summed E-state index contributed by atoms with van der Waals surface area (Å²) in [6, 6.07) is 26.1. The molecule has 224 valence electrons. The van der Waals surface area contributed by atoms with E-state index in [1.165, 1.54) is 26.0 Å². The topological polar surface area (TPSA) is 149 Å². The monoisotopic (exact) mass is 618 g/mol. The second kappa shape index (κ2) is 10.8. The van der Waals surface area contributed by atoms with Gasteiger partial charge in [0.15, 0.2) is 8.07 Å². The highest BCUT2D eigenvalue weighted by molar-refractivity contribution is 7.20. The summed E-state index contributed by atoms with van der Waals surface area (Å²) in [6.07, 6.45) is 0. The van der Waals surface area contributed by atoms with E-state index >= 15 is 0 Å². The summed E-state index contributed by atoms with van der Waals surface area (Å²) in [5.74, 6) is -5.46. The van der Waals surface area contributed by atoms with Crippen molar-refractivity contribution >= 4 is 64.4 Å². The molecule has 45 heavy (non-hydrogen) atoms. The van der Waals surface area contributed by atoms with Crippen LogP contribution in [0, 0.1) is 0 Å². The van der Waals surface area contributed by atoms with Crippen molar-refractivity contribution in [1.29, 1.82) is 0 Å². The molecule has 11 heteroatoms. The van der Waals surface area contributed by atoms with Gasteiger partial charge >= 0.3 is 11.9 Å². The third-order valence-corrected chi connectivity index (χ3v) is 13.4. The van der Waals surface area contributed by atoms with Gasteiger partial charge < -0.3 is 10.2 Å². The maximum atomic E-state index is 13.6. The Morgan fingerprint density at radius 2 is 0.844 bits per heavy atom. The molecule has 2 aliphatic rings. The Labute approximate surface area is 258 Å². The zero-order chi connectivity index (χ0) is 32.2. The zero-order valence-corrected chi connectivity index (χ0v) is 25.1. The van der Waals surface area contributed by atoms with Crippen molar-refractivity contribution in [1.82, 2.24) is 9.80 Å². The van der Waals surface area contributed by atoms with Crippen molar-refractivity contribution in [3.05, 3.63) is 119 Å². The van der Waals surface area contributed by atoms with Gasteiger partial charge in [-0.3, -0.25) is 29.0 Å². The van der Waals surface area contributed by atoms with Crippen LogP contribution in [0.1, 0.15) is 55.3 Å². The van der Waals surface area contributed by atoms with Crippen LogP contribution in [0.15, 0.2) is 97.1 Å². The lowest BCUT2D eigenvalue weighted by Gasteiger charge is -2.34. The van der Waals surface area contributed by atoms with Gasteiger partial charge in [0.25, 0.3) is 23.6 Å². The summed E-state index contributed by atoms with van der Waals surface area (Å²) in [6.45, 7) is 2.55. The molecule has 6 rings (SSSR count). The van der Waals surface area contributed by atoms with E-state index in [0.717, 1.165) is 20.2 Å². The number of hydrogen-bond acceptors (Lipinski definition) is 6. The van der Waals surface area contributed by atoms with Crippen molar-refractivity contribution < 1.29 is 39.0 Å². The molecule has 0 saturated carbocycles. The van der Waals surface area contributed by atoms with E-state index in [-0.39, 0.29) is 22.3 Å². The van der Waals surface area contributed by atoms with Crippen molar-refractivity contribution in [3.63, 3.8) is 0 Å². The van der Waals surface area contributed by atoms with Gasteiger partial charge in [0.05, 0.1) is 22.3 Å². The number of hydrogen-bond donors (Lipinski definition) is 2. The van der Waals surface area contributed by atoms with Crippen LogP contribution in [-0.2, 0) is 9.59 Å². The second-order valence-electron chi connectivity index (χ2n) is 11.0. The molecule has 2 unspecified atom stereocenters. The number of carboxylic acid groups (broad SMARTS) is 2. The SMILES string of the molecule is CC(C(=O)O)N1C(=O)c2ccc([Si](c3ccccc3)(c3ccccc3)c3ccc4c(c3)C(=O)N(C(C)C(=O)O)C4=O)cc2C1=O. The van der Waals surface area contributed by atoms with E-state index in [1.807, 2.05) is 60.7 Å². The normalized spacial score (nSPS) is 15.6. The van der Waals surface area contributed by atoms with E-state index < -0.39 is 55.7 Å². The first-order chi connectivity index (χ1) is 21.5. The van der Waals surface area contributed by atoms with Gasteiger partial charge in [-0.15, -0.1) is 0 Å². The van der Waals surface area contributed by atoms with Crippen LogP contribution in [0.25, 0.3) is 0 Å². The van der Waals surface area contributed by atoms with Gasteiger partial charge in [0, 0.05) is 0 Å². The predicted octanol–water partition coefficient (Wildman–Crippen LogP) is 1.20. The van der Waals surface area contributed by atoms with Gasteiger partial charge in [0.2, 0.25) is 0 Å². The maximum Gasteiger partial charge on any atom is 0.326 e. The number of aliphatic carboxylic acids is 2. The quantitative estimate of drug-likeness (QED) is 0.170. The summed E-state index contributed by atoms with van der Waals surface area (Å²) in [5, 5.41) is 22.2. The molecule has 0 fully saturated rings. The number of rotatable bonds is 8. The molecule has 4 aromatic rings. The third-order valence-electron chi connectivity index (χ3n) is 8.60. The van der Waals surface area contributed by atoms with Crippen LogP contribution in [-0.4, -0.2) is 75.7 Å². The third kappa shape index (κ3) is 4.31. The summed E-state index contributed by atoms with van der Waals surface area (Å²) >= 11 is 0. The van der Waals surface area contributed by atoms with E-state index in [4.69, 9.17) is 0 Å². The highest BCUT2D eigenvalue weighted by atomic mass is 28.3. The molecule has 4 aromatic carbocycles. The Balaban J connectivity index is 1.63. The lowest BCUT2D eigenvalue weighted by atomic mass is 10.1. The summed E-state index contributed by atoms with van der Waals surface area (Å²) in [5.41, 5.74) is 0.328. The minimum absolute atomic E-state index is 0.0724. The Bertz CT molecular complexity index is 1800. The van der Waals surface area contributed by atoms with Crippen LogP contribution in [0.5, 0.6) is 0 Å². The van der Waals surface area contributed by atoms with Crippen LogP contribution >= 0.6 is 0 Å². The average molecular weight is 619 g/mol. The standard InChI is InChI=1S/C34H26N2O8Si/c1-19(33(41)42)35-29(37)25-15-13-23(17-27(25)31(35)39)45(21-9-5-3-6-10-21,22-11-7-4-8-12-22)24-14-16-26-28(18-24)32(40)36(30(26)38)20(2)34(43)44/h3-20H,1-2H3,(H,41,42)(H,43,44). The van der Waals surface area contributed by atoms with Gasteiger partial charge in [-0.25, -0.2) is 9.59 Å². The van der Waals surface area contributed by atoms with Crippen LogP contribution in [0.2, 0.25) is 0 Å². The highest BCUT2D eigenvalue weighted by Crippen LogP contribution is 2.27. The molecule has 2 N–H and O–H groups in total. The minimum Gasteiger partial charge on any atom is -0.480 e. The lowest BCUT2D eigenvalue weighted by molar-refractivity contribution is -0.141. The van der Waals surface area contributed by atoms with Crippen molar-refractivity contribution in [3.8, 4) is 0 Å². The molecule has 0 saturated heterocycles. The number of nitrogens with zero attached hydrogens (tertiary/aromatic N) is 2. The highest BCUT2D eigenvalue weighted by Gasteiger charge is 2.47. The summed E-state index contributed by atoms with van der Waals surface area (Å²) in [7, 11) is -3.43. The fourth-order valence-electron chi connectivity index (χ4n) is 6.29. The number of carbonyl (C=O) groups is 6. The molecule has 0 radical (unpaired) electrons. The molecule has 10 nitrogen and oxygen atoms in total. The number of imide groups is 2. The van der Waals surface area contributed by atoms with E-state index in [1.54, 1.807) is 24.3 Å². The number of carboxylic acids is 2. The molecular weight excluding hydrogens is 592 g/mol. The van der Waals surface area contributed by atoms with E-state index in [0.29, 0.717) is 10.4 Å².